The van der Waals surface area contributed by atoms with Gasteiger partial charge in [0.05, 0.1) is 11.3 Å². The number of carboxylic acid groups (broad SMARTS) is 1. The van der Waals surface area contributed by atoms with Gasteiger partial charge in [0.2, 0.25) is 0 Å². The van der Waals surface area contributed by atoms with E-state index in [4.69, 9.17) is 5.11 Å². The van der Waals surface area contributed by atoms with Crippen LogP contribution in [0.15, 0.2) is 79.0 Å². The van der Waals surface area contributed by atoms with Crippen molar-refractivity contribution >= 4 is 16.7 Å². The lowest BCUT2D eigenvalue weighted by molar-refractivity contribution is -0.130. The number of hydrogen-bond donors (Lipinski definition) is 1. The third-order valence-electron chi connectivity index (χ3n) is 4.06. The Kier molecular flexibility index (Phi) is 3.97. The Labute approximate surface area is 150 Å². The van der Waals surface area contributed by atoms with Gasteiger partial charge in [0.25, 0.3) is 0 Å². The molecule has 0 aliphatic rings. The van der Waals surface area contributed by atoms with Crippen LogP contribution in [0.25, 0.3) is 27.7 Å². The molecule has 1 N–H and O–H groups in total. The maximum atomic E-state index is 10.9. The largest absolute Gasteiger partial charge is 0.472 e. The van der Waals surface area contributed by atoms with Crippen molar-refractivity contribution in [3.63, 3.8) is 0 Å². The molecule has 0 unspecified atom stereocenters. The first-order valence-electron chi connectivity index (χ1n) is 8.10. The van der Waals surface area contributed by atoms with Gasteiger partial charge in [0, 0.05) is 17.7 Å². The number of rotatable bonds is 2. The second-order valence-corrected chi connectivity index (χ2v) is 5.79. The van der Waals surface area contributed by atoms with Gasteiger partial charge in [0.15, 0.2) is 0 Å². The van der Waals surface area contributed by atoms with Crippen molar-refractivity contribution in [2.45, 2.75) is 0 Å². The minimum Gasteiger partial charge on any atom is -0.472 e. The number of aromatic nitrogens is 2. The molecule has 0 saturated carbocycles. The van der Waals surface area contributed by atoms with E-state index < -0.39 is 5.97 Å². The Morgan fingerprint density at radius 1 is 0.923 bits per heavy atom. The third kappa shape index (κ3) is 3.06. The zero-order valence-corrected chi connectivity index (χ0v) is 13.8. The predicted octanol–water partition coefficient (Wildman–Crippen LogP) is 4.13. The van der Waals surface area contributed by atoms with E-state index in [1.165, 1.54) is 0 Å². The fourth-order valence-corrected chi connectivity index (χ4v) is 2.85. The molecule has 3 aromatic carbocycles. The molecule has 1 heterocycles. The average molecular weight is 338 g/mol. The van der Waals surface area contributed by atoms with E-state index in [1.807, 2.05) is 72.8 Å². The molecule has 0 amide bonds. The molecule has 0 bridgehead atoms. The van der Waals surface area contributed by atoms with Gasteiger partial charge >= 0.3 is 5.97 Å². The molecule has 4 nitrogen and oxygen atoms in total. The first-order chi connectivity index (χ1) is 12.7. The summed E-state index contributed by atoms with van der Waals surface area (Å²) in [7, 11) is 0. The van der Waals surface area contributed by atoms with E-state index in [9.17, 15) is 4.79 Å². The number of hydrogen-bond acceptors (Lipinski definition) is 2. The van der Waals surface area contributed by atoms with Gasteiger partial charge in [-0.05, 0) is 29.0 Å². The Hall–Kier alpha value is -3.84. The topological polar surface area (TPSA) is 55.1 Å². The van der Waals surface area contributed by atoms with Crippen LogP contribution in [0.3, 0.4) is 0 Å². The Balaban J connectivity index is 1.89. The van der Waals surface area contributed by atoms with Gasteiger partial charge < -0.3 is 5.11 Å². The zero-order chi connectivity index (χ0) is 17.9. The van der Waals surface area contributed by atoms with Gasteiger partial charge in [-0.1, -0.05) is 60.5 Å². The second-order valence-electron chi connectivity index (χ2n) is 5.79. The van der Waals surface area contributed by atoms with Crippen molar-refractivity contribution in [3.05, 3.63) is 84.6 Å². The minimum absolute atomic E-state index is 0.575. The van der Waals surface area contributed by atoms with Crippen LogP contribution in [0.2, 0.25) is 0 Å². The van der Waals surface area contributed by atoms with Crippen LogP contribution >= 0.6 is 0 Å². The van der Waals surface area contributed by atoms with E-state index >= 15 is 0 Å². The molecular weight excluding hydrogens is 324 g/mol. The Morgan fingerprint density at radius 3 is 2.42 bits per heavy atom. The van der Waals surface area contributed by atoms with Crippen LogP contribution in [0.5, 0.6) is 0 Å². The molecule has 0 aliphatic heterocycles. The quantitative estimate of drug-likeness (QED) is 0.559. The van der Waals surface area contributed by atoms with E-state index in [2.05, 4.69) is 16.9 Å². The van der Waals surface area contributed by atoms with Gasteiger partial charge in [-0.3, -0.25) is 0 Å². The molecular formula is C22H14N2O2. The fourth-order valence-electron chi connectivity index (χ4n) is 2.85. The van der Waals surface area contributed by atoms with Crippen LogP contribution in [0.4, 0.5) is 0 Å². The Morgan fingerprint density at radius 2 is 1.65 bits per heavy atom. The van der Waals surface area contributed by atoms with E-state index in [0.29, 0.717) is 11.3 Å². The summed E-state index contributed by atoms with van der Waals surface area (Å²) in [5.41, 5.74) is 3.02. The van der Waals surface area contributed by atoms with Crippen LogP contribution in [0.1, 0.15) is 5.56 Å². The molecule has 4 heteroatoms. The average Bonchev–Trinajstić information content (AvgIpc) is 3.11. The van der Waals surface area contributed by atoms with E-state index in [-0.39, 0.29) is 0 Å². The number of para-hydroxylation sites is 1. The molecule has 0 spiro atoms. The highest BCUT2D eigenvalue weighted by molar-refractivity contribution is 5.89. The van der Waals surface area contributed by atoms with Crippen molar-refractivity contribution in [1.29, 1.82) is 0 Å². The number of carboxylic acids is 1. The molecule has 4 rings (SSSR count). The summed E-state index contributed by atoms with van der Waals surface area (Å²) in [4.78, 5) is 10.9. The van der Waals surface area contributed by atoms with Crippen molar-refractivity contribution in [2.24, 2.45) is 0 Å². The predicted molar refractivity (Wildman–Crippen MR) is 101 cm³/mol. The zero-order valence-electron chi connectivity index (χ0n) is 13.8. The van der Waals surface area contributed by atoms with E-state index in [1.54, 1.807) is 10.9 Å². The normalized spacial score (nSPS) is 10.3. The maximum absolute atomic E-state index is 10.9. The number of carbonyl (C=O) groups is 1. The SMILES string of the molecule is O=C(O)C#Cc1cn(-c2ccccc2)nc1-c1ccc2ccccc2c1. The summed E-state index contributed by atoms with van der Waals surface area (Å²) in [6.07, 6.45) is 1.76. The maximum Gasteiger partial charge on any atom is 0.382 e. The van der Waals surface area contributed by atoms with Crippen LogP contribution < -0.4 is 0 Å². The molecule has 0 fully saturated rings. The first-order valence-corrected chi connectivity index (χ1v) is 8.10. The molecule has 1 aromatic heterocycles. The van der Waals surface area contributed by atoms with Gasteiger partial charge in [-0.15, -0.1) is 0 Å². The van der Waals surface area contributed by atoms with Gasteiger partial charge in [-0.2, -0.15) is 5.10 Å². The lowest BCUT2D eigenvalue weighted by Crippen LogP contribution is -1.94. The molecule has 0 saturated heterocycles. The summed E-state index contributed by atoms with van der Waals surface area (Å²) in [5.74, 6) is 3.74. The van der Waals surface area contributed by atoms with Crippen molar-refractivity contribution in [3.8, 4) is 28.8 Å². The molecule has 0 aliphatic carbocycles. The van der Waals surface area contributed by atoms with Gasteiger partial charge in [-0.25, -0.2) is 9.48 Å². The van der Waals surface area contributed by atoms with Crippen molar-refractivity contribution in [2.75, 3.05) is 0 Å². The highest BCUT2D eigenvalue weighted by Gasteiger charge is 2.11. The molecule has 26 heavy (non-hydrogen) atoms. The van der Waals surface area contributed by atoms with Crippen molar-refractivity contribution in [1.82, 2.24) is 9.78 Å². The lowest BCUT2D eigenvalue weighted by atomic mass is 10.0. The van der Waals surface area contributed by atoms with Crippen LogP contribution in [-0.4, -0.2) is 20.9 Å². The van der Waals surface area contributed by atoms with E-state index in [0.717, 1.165) is 22.0 Å². The summed E-state index contributed by atoms with van der Waals surface area (Å²) in [5, 5.41) is 15.8. The van der Waals surface area contributed by atoms with Crippen LogP contribution in [0, 0.1) is 11.8 Å². The summed E-state index contributed by atoms with van der Waals surface area (Å²) in [6.45, 7) is 0. The third-order valence-corrected chi connectivity index (χ3v) is 4.06. The smallest absolute Gasteiger partial charge is 0.382 e. The number of benzene rings is 3. The highest BCUT2D eigenvalue weighted by Crippen LogP contribution is 2.26. The highest BCUT2D eigenvalue weighted by atomic mass is 16.4. The monoisotopic (exact) mass is 338 g/mol. The number of aliphatic carboxylic acids is 1. The molecule has 0 radical (unpaired) electrons. The standard InChI is InChI=1S/C22H14N2O2/c25-21(26)13-12-19-15-24(20-8-2-1-3-9-20)23-22(19)18-11-10-16-6-4-5-7-17(16)14-18/h1-11,14-15H,(H,25,26). The fraction of sp³-hybridized carbons (Fsp3) is 0. The summed E-state index contributed by atoms with van der Waals surface area (Å²) < 4.78 is 1.72. The number of fused-ring (bicyclic) bond motifs is 1. The number of nitrogens with zero attached hydrogens (tertiary/aromatic N) is 2. The summed E-state index contributed by atoms with van der Waals surface area (Å²) in [6, 6.07) is 23.8. The van der Waals surface area contributed by atoms with Crippen LogP contribution in [-0.2, 0) is 4.79 Å². The Bertz CT molecular complexity index is 1160. The first kappa shape index (κ1) is 15.7. The molecule has 0 atom stereocenters. The molecule has 4 aromatic rings. The summed E-state index contributed by atoms with van der Waals surface area (Å²) >= 11 is 0. The minimum atomic E-state index is -1.16. The second kappa shape index (κ2) is 6.58. The van der Waals surface area contributed by atoms with Crippen molar-refractivity contribution < 1.29 is 9.90 Å². The van der Waals surface area contributed by atoms with Gasteiger partial charge in [0.1, 0.15) is 5.69 Å². The lowest BCUT2D eigenvalue weighted by Gasteiger charge is -2.02. The molecule has 124 valence electrons.